The molecule has 9 heteroatoms. The Labute approximate surface area is 96.5 Å². The third kappa shape index (κ3) is 4.07. The fourth-order valence-corrected chi connectivity index (χ4v) is 1.03. The van der Waals surface area contributed by atoms with Gasteiger partial charge in [0.25, 0.3) is 11.8 Å². The molecular formula is C8H12N6O3. The number of hydrogen-bond donors (Lipinski definition) is 2. The standard InChI is InChI=1S/C8H12N6O3/c1(3-16-7-5-9-13-11-7)15-2-4-17-8-6-10-14-12-8/h5-6H,1-4H2,(H,9,11,13)(H,10,12,14). The van der Waals surface area contributed by atoms with E-state index in [1.54, 1.807) is 0 Å². The Balaban J connectivity index is 1.44. The summed E-state index contributed by atoms with van der Waals surface area (Å²) >= 11 is 0. The summed E-state index contributed by atoms with van der Waals surface area (Å²) in [5.74, 6) is 0.903. The van der Waals surface area contributed by atoms with Gasteiger partial charge in [0.2, 0.25) is 0 Å². The summed E-state index contributed by atoms with van der Waals surface area (Å²) in [6, 6.07) is 0. The number of aromatic nitrogens is 6. The van der Waals surface area contributed by atoms with E-state index in [1.807, 2.05) is 0 Å². The van der Waals surface area contributed by atoms with Gasteiger partial charge in [-0.3, -0.25) is 0 Å². The first-order valence-corrected chi connectivity index (χ1v) is 5.00. The van der Waals surface area contributed by atoms with Gasteiger partial charge in [0.05, 0.1) is 13.2 Å². The van der Waals surface area contributed by atoms with Crippen molar-refractivity contribution in [2.75, 3.05) is 26.4 Å². The molecule has 0 bridgehead atoms. The van der Waals surface area contributed by atoms with Gasteiger partial charge in [-0.1, -0.05) is 0 Å². The topological polar surface area (TPSA) is 111 Å². The van der Waals surface area contributed by atoms with E-state index in [-0.39, 0.29) is 0 Å². The van der Waals surface area contributed by atoms with E-state index in [4.69, 9.17) is 14.2 Å². The van der Waals surface area contributed by atoms with Crippen LogP contribution in [0.4, 0.5) is 0 Å². The van der Waals surface area contributed by atoms with E-state index < -0.39 is 0 Å². The maximum atomic E-state index is 5.26. The zero-order valence-electron chi connectivity index (χ0n) is 9.00. The van der Waals surface area contributed by atoms with Crippen LogP contribution < -0.4 is 9.47 Å². The van der Waals surface area contributed by atoms with Gasteiger partial charge in [-0.25, -0.2) is 0 Å². The van der Waals surface area contributed by atoms with Crippen molar-refractivity contribution >= 4 is 0 Å². The molecule has 0 aliphatic carbocycles. The predicted octanol–water partition coefficient (Wildman–Crippen LogP) is -0.603. The third-order valence-corrected chi connectivity index (χ3v) is 1.74. The van der Waals surface area contributed by atoms with Crippen LogP contribution in [0.3, 0.4) is 0 Å². The van der Waals surface area contributed by atoms with Crippen molar-refractivity contribution in [2.45, 2.75) is 0 Å². The van der Waals surface area contributed by atoms with E-state index in [2.05, 4.69) is 30.8 Å². The second-order valence-electron chi connectivity index (χ2n) is 2.93. The molecule has 0 aliphatic heterocycles. The van der Waals surface area contributed by atoms with Gasteiger partial charge in [-0.05, 0) is 0 Å². The van der Waals surface area contributed by atoms with Gasteiger partial charge in [-0.2, -0.15) is 20.6 Å². The first-order valence-electron chi connectivity index (χ1n) is 5.00. The molecule has 0 atom stereocenters. The molecule has 2 rings (SSSR count). The van der Waals surface area contributed by atoms with E-state index in [1.165, 1.54) is 12.4 Å². The number of aromatic amines is 2. The maximum Gasteiger partial charge on any atom is 0.253 e. The molecule has 0 saturated heterocycles. The Bertz CT molecular complexity index is 351. The largest absolute Gasteiger partial charge is 0.473 e. The Kier molecular flexibility index (Phi) is 4.28. The number of hydrogen-bond acceptors (Lipinski definition) is 7. The molecule has 92 valence electrons. The zero-order valence-corrected chi connectivity index (χ0v) is 9.00. The van der Waals surface area contributed by atoms with Gasteiger partial charge < -0.3 is 14.2 Å². The van der Waals surface area contributed by atoms with Gasteiger partial charge in [0, 0.05) is 0 Å². The highest BCUT2D eigenvalue weighted by molar-refractivity contribution is 4.97. The number of nitrogens with zero attached hydrogens (tertiary/aromatic N) is 4. The second kappa shape index (κ2) is 6.43. The molecule has 2 heterocycles. The van der Waals surface area contributed by atoms with Crippen LogP contribution in [0.5, 0.6) is 11.8 Å². The number of nitrogens with one attached hydrogen (secondary N) is 2. The summed E-state index contributed by atoms with van der Waals surface area (Å²) < 4.78 is 15.7. The van der Waals surface area contributed by atoms with Crippen molar-refractivity contribution in [1.82, 2.24) is 30.8 Å². The summed E-state index contributed by atoms with van der Waals surface area (Å²) in [7, 11) is 0. The maximum absolute atomic E-state index is 5.26. The molecule has 2 aromatic rings. The Morgan fingerprint density at radius 3 is 1.76 bits per heavy atom. The van der Waals surface area contributed by atoms with Crippen molar-refractivity contribution in [3.8, 4) is 11.8 Å². The van der Waals surface area contributed by atoms with Crippen LogP contribution in [-0.4, -0.2) is 57.2 Å². The van der Waals surface area contributed by atoms with Gasteiger partial charge in [0.15, 0.2) is 0 Å². The first kappa shape index (κ1) is 11.3. The minimum absolute atomic E-state index is 0.413. The highest BCUT2D eigenvalue weighted by Gasteiger charge is 1.97. The number of H-pyrrole nitrogens is 2. The average molecular weight is 240 g/mol. The molecule has 0 spiro atoms. The van der Waals surface area contributed by atoms with E-state index in [0.29, 0.717) is 38.2 Å². The van der Waals surface area contributed by atoms with Crippen molar-refractivity contribution in [1.29, 1.82) is 0 Å². The van der Waals surface area contributed by atoms with E-state index in [0.717, 1.165) is 0 Å². The van der Waals surface area contributed by atoms with Gasteiger partial charge in [-0.15, -0.1) is 10.2 Å². The smallest absolute Gasteiger partial charge is 0.253 e. The van der Waals surface area contributed by atoms with E-state index in [9.17, 15) is 0 Å². The zero-order chi connectivity index (χ0) is 11.8. The predicted molar refractivity (Wildman–Crippen MR) is 54.6 cm³/mol. The molecule has 17 heavy (non-hydrogen) atoms. The molecule has 0 unspecified atom stereocenters. The van der Waals surface area contributed by atoms with Crippen LogP contribution in [0.1, 0.15) is 0 Å². The lowest BCUT2D eigenvalue weighted by Gasteiger charge is -2.04. The van der Waals surface area contributed by atoms with Crippen LogP contribution in [0.2, 0.25) is 0 Å². The molecule has 9 nitrogen and oxygen atoms in total. The molecule has 0 aromatic carbocycles. The van der Waals surface area contributed by atoms with Gasteiger partial charge >= 0.3 is 0 Å². The summed E-state index contributed by atoms with van der Waals surface area (Å²) in [5, 5.41) is 19.5. The summed E-state index contributed by atoms with van der Waals surface area (Å²) in [5.41, 5.74) is 0. The quantitative estimate of drug-likeness (QED) is 0.592. The van der Waals surface area contributed by atoms with Crippen molar-refractivity contribution in [2.24, 2.45) is 0 Å². The highest BCUT2D eigenvalue weighted by atomic mass is 16.5. The second-order valence-corrected chi connectivity index (χ2v) is 2.93. The molecule has 0 fully saturated rings. The highest BCUT2D eigenvalue weighted by Crippen LogP contribution is 1.99. The lowest BCUT2D eigenvalue weighted by atomic mass is 10.7. The average Bonchev–Trinajstić information content (AvgIpc) is 3.00. The molecule has 0 aliphatic rings. The van der Waals surface area contributed by atoms with Crippen molar-refractivity contribution < 1.29 is 14.2 Å². The lowest BCUT2D eigenvalue weighted by Crippen LogP contribution is -2.12. The molecule has 0 radical (unpaired) electrons. The fourth-order valence-electron chi connectivity index (χ4n) is 1.03. The van der Waals surface area contributed by atoms with Crippen LogP contribution in [-0.2, 0) is 4.74 Å². The molecule has 0 saturated carbocycles. The van der Waals surface area contributed by atoms with Crippen LogP contribution >= 0.6 is 0 Å². The Hall–Kier alpha value is -2.16. The molecule has 2 N–H and O–H groups in total. The molecule has 2 aromatic heterocycles. The number of ether oxygens (including phenoxy) is 3. The molecule has 0 amide bonds. The monoisotopic (exact) mass is 240 g/mol. The van der Waals surface area contributed by atoms with E-state index >= 15 is 0 Å². The molecular weight excluding hydrogens is 228 g/mol. The van der Waals surface area contributed by atoms with Crippen LogP contribution in [0.15, 0.2) is 12.4 Å². The summed E-state index contributed by atoms with van der Waals surface area (Å²) in [4.78, 5) is 0. The normalized spacial score (nSPS) is 10.4. The fraction of sp³-hybridized carbons (Fsp3) is 0.500. The van der Waals surface area contributed by atoms with Crippen molar-refractivity contribution in [3.05, 3.63) is 12.4 Å². The SMILES string of the molecule is c1n[nH]nc1OCCOCCOc1cn[nH]n1. The number of rotatable bonds is 8. The van der Waals surface area contributed by atoms with Crippen LogP contribution in [0.25, 0.3) is 0 Å². The van der Waals surface area contributed by atoms with Gasteiger partial charge in [0.1, 0.15) is 25.6 Å². The van der Waals surface area contributed by atoms with Crippen molar-refractivity contribution in [3.63, 3.8) is 0 Å². The minimum atomic E-state index is 0.413. The third-order valence-electron chi connectivity index (χ3n) is 1.74. The Morgan fingerprint density at radius 2 is 1.35 bits per heavy atom. The van der Waals surface area contributed by atoms with Crippen LogP contribution in [0, 0.1) is 0 Å². The first-order chi connectivity index (χ1) is 8.45. The summed E-state index contributed by atoms with van der Waals surface area (Å²) in [6.07, 6.45) is 2.99. The lowest BCUT2D eigenvalue weighted by molar-refractivity contribution is 0.0742. The Morgan fingerprint density at radius 1 is 0.824 bits per heavy atom. The minimum Gasteiger partial charge on any atom is -0.473 e. The summed E-state index contributed by atoms with van der Waals surface area (Å²) in [6.45, 7) is 1.73.